The zero-order chi connectivity index (χ0) is 14.5. The SMILES string of the molecule is CCC(CN(C)C)NC(=O)N1CC(c2ccccn2)C1. The fourth-order valence-corrected chi connectivity index (χ4v) is 2.43. The zero-order valence-corrected chi connectivity index (χ0v) is 12.5. The van der Waals surface area contributed by atoms with Gasteiger partial charge in [0.1, 0.15) is 0 Å². The van der Waals surface area contributed by atoms with E-state index in [0.717, 1.165) is 31.7 Å². The van der Waals surface area contributed by atoms with Crippen LogP contribution in [0.5, 0.6) is 0 Å². The van der Waals surface area contributed by atoms with E-state index in [9.17, 15) is 4.79 Å². The third kappa shape index (κ3) is 3.70. The molecule has 1 atom stereocenters. The van der Waals surface area contributed by atoms with Crippen molar-refractivity contribution in [2.24, 2.45) is 0 Å². The van der Waals surface area contributed by atoms with E-state index in [2.05, 4.69) is 22.1 Å². The molecule has 2 amide bonds. The molecular formula is C15H24N4O. The number of nitrogens with one attached hydrogen (secondary N) is 1. The van der Waals surface area contributed by atoms with Crippen molar-refractivity contribution < 1.29 is 4.79 Å². The Morgan fingerprint density at radius 3 is 2.80 bits per heavy atom. The summed E-state index contributed by atoms with van der Waals surface area (Å²) >= 11 is 0. The van der Waals surface area contributed by atoms with Crippen LogP contribution in [0.15, 0.2) is 24.4 Å². The molecule has 2 heterocycles. The average molecular weight is 276 g/mol. The van der Waals surface area contributed by atoms with Crippen LogP contribution >= 0.6 is 0 Å². The van der Waals surface area contributed by atoms with Gasteiger partial charge in [0.2, 0.25) is 0 Å². The Morgan fingerprint density at radius 1 is 1.50 bits per heavy atom. The summed E-state index contributed by atoms with van der Waals surface area (Å²) in [7, 11) is 4.05. The van der Waals surface area contributed by atoms with Gasteiger partial charge in [0.05, 0.1) is 0 Å². The van der Waals surface area contributed by atoms with E-state index in [1.54, 1.807) is 0 Å². The van der Waals surface area contributed by atoms with E-state index in [0.29, 0.717) is 5.92 Å². The molecular weight excluding hydrogens is 252 g/mol. The second-order valence-corrected chi connectivity index (χ2v) is 5.67. The van der Waals surface area contributed by atoms with Gasteiger partial charge >= 0.3 is 6.03 Å². The molecule has 5 heteroatoms. The number of amides is 2. The number of nitrogens with zero attached hydrogens (tertiary/aromatic N) is 3. The van der Waals surface area contributed by atoms with Crippen LogP contribution in [0, 0.1) is 0 Å². The summed E-state index contributed by atoms with van der Waals surface area (Å²) in [6.07, 6.45) is 2.75. The van der Waals surface area contributed by atoms with Crippen LogP contribution in [-0.4, -0.2) is 60.6 Å². The molecule has 1 N–H and O–H groups in total. The maximum Gasteiger partial charge on any atom is 0.317 e. The summed E-state index contributed by atoms with van der Waals surface area (Å²) in [5.41, 5.74) is 1.08. The van der Waals surface area contributed by atoms with E-state index in [1.807, 2.05) is 43.4 Å². The van der Waals surface area contributed by atoms with Crippen LogP contribution in [0.3, 0.4) is 0 Å². The molecule has 5 nitrogen and oxygen atoms in total. The summed E-state index contributed by atoms with van der Waals surface area (Å²) in [6.45, 7) is 4.50. The van der Waals surface area contributed by atoms with Crippen molar-refractivity contribution in [2.75, 3.05) is 33.7 Å². The van der Waals surface area contributed by atoms with E-state index < -0.39 is 0 Å². The first kappa shape index (κ1) is 14.8. The minimum Gasteiger partial charge on any atom is -0.334 e. The lowest BCUT2D eigenvalue weighted by Gasteiger charge is -2.39. The number of pyridine rings is 1. The van der Waals surface area contributed by atoms with Crippen molar-refractivity contribution in [3.63, 3.8) is 0 Å². The smallest absolute Gasteiger partial charge is 0.317 e. The van der Waals surface area contributed by atoms with Gasteiger partial charge in [-0.2, -0.15) is 0 Å². The fraction of sp³-hybridized carbons (Fsp3) is 0.600. The van der Waals surface area contributed by atoms with E-state index in [4.69, 9.17) is 0 Å². The number of likely N-dealkylation sites (tertiary alicyclic amines) is 1. The third-order valence-electron chi connectivity index (χ3n) is 3.68. The quantitative estimate of drug-likeness (QED) is 0.887. The fourth-order valence-electron chi connectivity index (χ4n) is 2.43. The number of carbonyl (C=O) groups is 1. The van der Waals surface area contributed by atoms with Crippen LogP contribution in [0.1, 0.15) is 25.0 Å². The average Bonchev–Trinajstić information content (AvgIpc) is 2.37. The predicted molar refractivity (Wildman–Crippen MR) is 79.7 cm³/mol. The predicted octanol–water partition coefficient (Wildman–Crippen LogP) is 1.53. The summed E-state index contributed by atoms with van der Waals surface area (Å²) in [5.74, 6) is 0.385. The van der Waals surface area contributed by atoms with Gasteiger partial charge < -0.3 is 15.1 Å². The number of aromatic nitrogens is 1. The van der Waals surface area contributed by atoms with Gasteiger partial charge in [-0.15, -0.1) is 0 Å². The molecule has 0 bridgehead atoms. The molecule has 1 aromatic rings. The van der Waals surface area contributed by atoms with E-state index >= 15 is 0 Å². The molecule has 1 aliphatic heterocycles. The first-order valence-corrected chi connectivity index (χ1v) is 7.21. The first-order chi connectivity index (χ1) is 9.60. The number of carbonyl (C=O) groups excluding carboxylic acids is 1. The Morgan fingerprint density at radius 2 is 2.25 bits per heavy atom. The van der Waals surface area contributed by atoms with Crippen LogP contribution in [-0.2, 0) is 0 Å². The number of hydrogen-bond acceptors (Lipinski definition) is 3. The highest BCUT2D eigenvalue weighted by molar-refractivity contribution is 5.75. The van der Waals surface area contributed by atoms with Crippen LogP contribution in [0.25, 0.3) is 0 Å². The summed E-state index contributed by atoms with van der Waals surface area (Å²) in [6, 6.07) is 6.20. The van der Waals surface area contributed by atoms with Gasteiger partial charge in [-0.3, -0.25) is 4.98 Å². The molecule has 110 valence electrons. The minimum absolute atomic E-state index is 0.0471. The van der Waals surface area contributed by atoms with Gasteiger partial charge in [-0.1, -0.05) is 13.0 Å². The molecule has 0 aromatic carbocycles. The first-order valence-electron chi connectivity index (χ1n) is 7.21. The second kappa shape index (κ2) is 6.70. The van der Waals surface area contributed by atoms with Crippen molar-refractivity contribution in [1.29, 1.82) is 0 Å². The topological polar surface area (TPSA) is 48.5 Å². The lowest BCUT2D eigenvalue weighted by molar-refractivity contribution is 0.144. The highest BCUT2D eigenvalue weighted by Crippen LogP contribution is 2.25. The highest BCUT2D eigenvalue weighted by Gasteiger charge is 2.33. The van der Waals surface area contributed by atoms with Crippen molar-refractivity contribution in [3.8, 4) is 0 Å². The maximum atomic E-state index is 12.1. The standard InChI is InChI=1S/C15H24N4O/c1-4-13(11-18(2)3)17-15(20)19-9-12(10-19)14-7-5-6-8-16-14/h5-8,12-13H,4,9-11H2,1-3H3,(H,17,20). The van der Waals surface area contributed by atoms with Crippen LogP contribution < -0.4 is 5.32 Å². The molecule has 0 aliphatic carbocycles. The molecule has 20 heavy (non-hydrogen) atoms. The summed E-state index contributed by atoms with van der Waals surface area (Å²) in [5, 5.41) is 3.10. The molecule has 1 unspecified atom stereocenters. The van der Waals surface area contributed by atoms with Gasteiger partial charge in [0.25, 0.3) is 0 Å². The molecule has 2 rings (SSSR count). The molecule has 0 radical (unpaired) electrons. The Labute approximate surface area is 121 Å². The molecule has 1 fully saturated rings. The molecule has 1 aromatic heterocycles. The number of urea groups is 1. The maximum absolute atomic E-state index is 12.1. The van der Waals surface area contributed by atoms with Crippen LogP contribution in [0.4, 0.5) is 4.79 Å². The molecule has 0 spiro atoms. The van der Waals surface area contributed by atoms with Crippen molar-refractivity contribution in [1.82, 2.24) is 20.1 Å². The van der Waals surface area contributed by atoms with Crippen molar-refractivity contribution in [2.45, 2.75) is 25.3 Å². The van der Waals surface area contributed by atoms with E-state index in [-0.39, 0.29) is 12.1 Å². The number of rotatable bonds is 5. The molecule has 1 saturated heterocycles. The summed E-state index contributed by atoms with van der Waals surface area (Å²) < 4.78 is 0. The third-order valence-corrected chi connectivity index (χ3v) is 3.68. The second-order valence-electron chi connectivity index (χ2n) is 5.67. The summed E-state index contributed by atoms with van der Waals surface area (Å²) in [4.78, 5) is 20.4. The Kier molecular flexibility index (Phi) is 4.95. The Balaban J connectivity index is 1.79. The zero-order valence-electron chi connectivity index (χ0n) is 12.5. The molecule has 0 saturated carbocycles. The number of likely N-dealkylation sites (N-methyl/N-ethyl adjacent to an activating group) is 1. The molecule has 1 aliphatic rings. The largest absolute Gasteiger partial charge is 0.334 e. The Hall–Kier alpha value is -1.62. The highest BCUT2D eigenvalue weighted by atomic mass is 16.2. The van der Waals surface area contributed by atoms with Gasteiger partial charge in [0, 0.05) is 43.5 Å². The van der Waals surface area contributed by atoms with Crippen molar-refractivity contribution >= 4 is 6.03 Å². The number of hydrogen-bond donors (Lipinski definition) is 1. The van der Waals surface area contributed by atoms with Gasteiger partial charge in [-0.25, -0.2) is 4.79 Å². The van der Waals surface area contributed by atoms with Gasteiger partial charge in [-0.05, 0) is 32.6 Å². The normalized spacial score (nSPS) is 16.9. The minimum atomic E-state index is 0.0471. The van der Waals surface area contributed by atoms with E-state index in [1.165, 1.54) is 0 Å². The van der Waals surface area contributed by atoms with Crippen LogP contribution in [0.2, 0.25) is 0 Å². The van der Waals surface area contributed by atoms with Gasteiger partial charge in [0.15, 0.2) is 0 Å². The lowest BCUT2D eigenvalue weighted by atomic mass is 9.96. The Bertz CT molecular complexity index is 429. The van der Waals surface area contributed by atoms with Crippen molar-refractivity contribution in [3.05, 3.63) is 30.1 Å². The monoisotopic (exact) mass is 276 g/mol. The lowest BCUT2D eigenvalue weighted by Crippen LogP contribution is -2.55.